The summed E-state index contributed by atoms with van der Waals surface area (Å²) in [6, 6.07) is 6.00. The van der Waals surface area contributed by atoms with Gasteiger partial charge in [-0.2, -0.15) is 0 Å². The summed E-state index contributed by atoms with van der Waals surface area (Å²) >= 11 is 0. The molecule has 2 amide bonds. The third kappa shape index (κ3) is 5.34. The van der Waals surface area contributed by atoms with E-state index < -0.39 is 6.04 Å². The van der Waals surface area contributed by atoms with Crippen LogP contribution >= 0.6 is 0 Å². The Morgan fingerprint density at radius 2 is 1.88 bits per heavy atom. The number of likely N-dealkylation sites (tertiary alicyclic amines) is 1. The Morgan fingerprint density at radius 1 is 1.15 bits per heavy atom. The van der Waals surface area contributed by atoms with Gasteiger partial charge >= 0.3 is 0 Å². The van der Waals surface area contributed by atoms with E-state index in [1.807, 2.05) is 26.0 Å². The van der Waals surface area contributed by atoms with Crippen LogP contribution in [-0.2, 0) is 16.0 Å². The highest BCUT2D eigenvalue weighted by Gasteiger charge is 2.44. The molecule has 1 aliphatic carbocycles. The molecule has 1 N–H and O–H groups in total. The Bertz CT molecular complexity index is 1060. The van der Waals surface area contributed by atoms with Gasteiger partial charge in [0.25, 0.3) is 0 Å². The molecule has 7 heteroatoms. The van der Waals surface area contributed by atoms with E-state index in [0.717, 1.165) is 60.6 Å². The number of aromatic nitrogens is 3. The van der Waals surface area contributed by atoms with Gasteiger partial charge in [-0.1, -0.05) is 38.5 Å². The van der Waals surface area contributed by atoms with Crippen molar-refractivity contribution < 1.29 is 9.59 Å². The number of carbonyl (C=O) groups is 2. The summed E-state index contributed by atoms with van der Waals surface area (Å²) < 4.78 is 2.25. The van der Waals surface area contributed by atoms with Gasteiger partial charge in [0, 0.05) is 31.6 Å². The number of nitrogens with zero attached hydrogens (tertiary/aromatic N) is 4. The van der Waals surface area contributed by atoms with Crippen LogP contribution in [-0.4, -0.2) is 38.5 Å². The molecule has 2 heterocycles. The highest BCUT2D eigenvalue weighted by molar-refractivity contribution is 5.95. The molecule has 4 rings (SSSR count). The average Bonchev–Trinajstić information content (AvgIpc) is 3.51. The first-order valence-corrected chi connectivity index (χ1v) is 12.6. The van der Waals surface area contributed by atoms with E-state index in [2.05, 4.69) is 46.9 Å². The molecule has 34 heavy (non-hydrogen) atoms. The van der Waals surface area contributed by atoms with E-state index >= 15 is 0 Å². The smallest absolute Gasteiger partial charge is 0.230 e. The summed E-state index contributed by atoms with van der Waals surface area (Å²) in [5.41, 5.74) is 3.29. The predicted molar refractivity (Wildman–Crippen MR) is 133 cm³/mol. The lowest BCUT2D eigenvalue weighted by Crippen LogP contribution is -2.45. The minimum absolute atomic E-state index is 0.0557. The van der Waals surface area contributed by atoms with Gasteiger partial charge in [-0.3, -0.25) is 9.59 Å². The fourth-order valence-corrected chi connectivity index (χ4v) is 5.06. The third-order valence-corrected chi connectivity index (χ3v) is 7.13. The number of hydrogen-bond acceptors (Lipinski definition) is 4. The van der Waals surface area contributed by atoms with Crippen molar-refractivity contribution in [3.8, 4) is 0 Å². The number of benzene rings is 1. The number of anilines is 1. The maximum absolute atomic E-state index is 13.5. The normalized spacial score (nSPS) is 21.1. The van der Waals surface area contributed by atoms with Crippen LogP contribution in [0.15, 0.2) is 18.2 Å². The lowest BCUT2D eigenvalue weighted by molar-refractivity contribution is -0.140. The molecule has 1 aliphatic heterocycles. The minimum atomic E-state index is -0.406. The molecule has 7 nitrogen and oxygen atoms in total. The van der Waals surface area contributed by atoms with Gasteiger partial charge in [-0.25, -0.2) is 0 Å². The van der Waals surface area contributed by atoms with E-state index in [0.29, 0.717) is 18.9 Å². The Labute approximate surface area is 203 Å². The summed E-state index contributed by atoms with van der Waals surface area (Å²) in [6.45, 7) is 10.8. The SMILES string of the molecule is Cc1ccc(NC(=O)[C@H]2CCC(=O)N(C)[C@@H]2c2nnc(CCCC(C)(C)C)n2C2CC2)c(C)c1. The molecule has 1 aromatic carbocycles. The minimum Gasteiger partial charge on any atom is -0.335 e. The second-order valence-electron chi connectivity index (χ2n) is 11.4. The van der Waals surface area contributed by atoms with E-state index in [1.54, 1.807) is 11.9 Å². The van der Waals surface area contributed by atoms with E-state index in [-0.39, 0.29) is 23.1 Å². The molecule has 2 aromatic rings. The van der Waals surface area contributed by atoms with Crippen molar-refractivity contribution in [2.75, 3.05) is 12.4 Å². The summed E-state index contributed by atoms with van der Waals surface area (Å²) in [7, 11) is 1.80. The first-order chi connectivity index (χ1) is 16.0. The molecule has 2 fully saturated rings. The Morgan fingerprint density at radius 3 is 2.53 bits per heavy atom. The number of carbonyl (C=O) groups excluding carboxylic acids is 2. The van der Waals surface area contributed by atoms with E-state index in [4.69, 9.17) is 0 Å². The first-order valence-electron chi connectivity index (χ1n) is 12.6. The average molecular weight is 466 g/mol. The molecule has 0 spiro atoms. The van der Waals surface area contributed by atoms with Crippen LogP contribution in [0, 0.1) is 25.2 Å². The monoisotopic (exact) mass is 465 g/mol. The number of aryl methyl sites for hydroxylation is 3. The van der Waals surface area contributed by atoms with Crippen LogP contribution in [0.3, 0.4) is 0 Å². The molecule has 1 saturated carbocycles. The molecule has 184 valence electrons. The third-order valence-electron chi connectivity index (χ3n) is 7.13. The van der Waals surface area contributed by atoms with Crippen LogP contribution in [0.4, 0.5) is 5.69 Å². The summed E-state index contributed by atoms with van der Waals surface area (Å²) in [5.74, 6) is 1.38. The van der Waals surface area contributed by atoms with Crippen LogP contribution in [0.25, 0.3) is 0 Å². The highest BCUT2D eigenvalue weighted by atomic mass is 16.2. The Balaban J connectivity index is 1.61. The van der Waals surface area contributed by atoms with Crippen molar-refractivity contribution in [1.29, 1.82) is 0 Å². The fraction of sp³-hybridized carbons (Fsp3) is 0.630. The molecule has 0 unspecified atom stereocenters. The Kier molecular flexibility index (Phi) is 6.83. The zero-order valence-corrected chi connectivity index (χ0v) is 21.5. The van der Waals surface area contributed by atoms with Crippen LogP contribution in [0.1, 0.15) is 94.2 Å². The van der Waals surface area contributed by atoms with E-state index in [1.165, 1.54) is 0 Å². The summed E-state index contributed by atoms with van der Waals surface area (Å²) in [6.07, 6.45) is 6.11. The van der Waals surface area contributed by atoms with Crippen molar-refractivity contribution in [3.05, 3.63) is 41.0 Å². The number of rotatable bonds is 7. The maximum atomic E-state index is 13.5. The molecule has 2 atom stereocenters. The van der Waals surface area contributed by atoms with Crippen LogP contribution in [0.2, 0.25) is 0 Å². The van der Waals surface area contributed by atoms with Crippen LogP contribution < -0.4 is 5.32 Å². The maximum Gasteiger partial charge on any atom is 0.230 e. The largest absolute Gasteiger partial charge is 0.335 e. The van der Waals surface area contributed by atoms with Crippen molar-refractivity contribution in [1.82, 2.24) is 19.7 Å². The van der Waals surface area contributed by atoms with Crippen molar-refractivity contribution in [2.24, 2.45) is 11.3 Å². The summed E-state index contributed by atoms with van der Waals surface area (Å²) in [5, 5.41) is 12.3. The van der Waals surface area contributed by atoms with Crippen molar-refractivity contribution in [3.63, 3.8) is 0 Å². The molecule has 1 aromatic heterocycles. The second-order valence-corrected chi connectivity index (χ2v) is 11.4. The van der Waals surface area contributed by atoms with Crippen molar-refractivity contribution >= 4 is 17.5 Å². The first kappa shape index (κ1) is 24.4. The topological polar surface area (TPSA) is 80.1 Å². The fourth-order valence-electron chi connectivity index (χ4n) is 5.06. The lowest BCUT2D eigenvalue weighted by Gasteiger charge is -2.37. The molecular formula is C27H39N5O2. The summed E-state index contributed by atoms with van der Waals surface area (Å²) in [4.78, 5) is 28.0. The molecular weight excluding hydrogens is 426 g/mol. The number of nitrogens with one attached hydrogen (secondary N) is 1. The predicted octanol–water partition coefficient (Wildman–Crippen LogP) is 5.15. The zero-order chi connectivity index (χ0) is 24.6. The van der Waals surface area contributed by atoms with Gasteiger partial charge < -0.3 is 14.8 Å². The van der Waals surface area contributed by atoms with Crippen LogP contribution in [0.5, 0.6) is 0 Å². The number of amides is 2. The van der Waals surface area contributed by atoms with Gasteiger partial charge in [-0.15, -0.1) is 10.2 Å². The van der Waals surface area contributed by atoms with Gasteiger partial charge in [-0.05, 0) is 63.0 Å². The zero-order valence-electron chi connectivity index (χ0n) is 21.5. The molecule has 1 saturated heterocycles. The van der Waals surface area contributed by atoms with Crippen molar-refractivity contribution in [2.45, 2.75) is 91.6 Å². The molecule has 0 bridgehead atoms. The van der Waals surface area contributed by atoms with E-state index in [9.17, 15) is 9.59 Å². The number of hydrogen-bond donors (Lipinski definition) is 1. The van der Waals surface area contributed by atoms with Gasteiger partial charge in [0.2, 0.25) is 11.8 Å². The number of piperidine rings is 1. The second kappa shape index (κ2) is 9.51. The van der Waals surface area contributed by atoms with Gasteiger partial charge in [0.15, 0.2) is 5.82 Å². The standard InChI is InChI=1S/C27H39N5O2/c1-17-9-13-21(18(2)16-17)28-26(34)20-12-14-23(33)31(6)24(20)25-30-29-22(32(25)19-10-11-19)8-7-15-27(3,4)5/h9,13,16,19-20,24H,7-8,10-12,14-15H2,1-6H3,(H,28,34)/t20-,24-/m0/s1. The van der Waals surface area contributed by atoms with Gasteiger partial charge in [0.05, 0.1) is 5.92 Å². The molecule has 2 aliphatic rings. The molecule has 0 radical (unpaired) electrons. The highest BCUT2D eigenvalue weighted by Crippen LogP contribution is 2.42. The lowest BCUT2D eigenvalue weighted by atomic mass is 9.87. The Hall–Kier alpha value is -2.70. The quantitative estimate of drug-likeness (QED) is 0.613. The van der Waals surface area contributed by atoms with Gasteiger partial charge in [0.1, 0.15) is 11.9 Å².